The largest absolute Gasteiger partial charge is 0.384 e. The molecule has 4 heteroatoms. The van der Waals surface area contributed by atoms with Gasteiger partial charge in [0.05, 0.1) is 0 Å². The first kappa shape index (κ1) is 11.9. The maximum absolute atomic E-state index is 12.4. The highest BCUT2D eigenvalue weighted by molar-refractivity contribution is 5.95. The van der Waals surface area contributed by atoms with E-state index in [0.717, 1.165) is 19.4 Å². The van der Waals surface area contributed by atoms with Gasteiger partial charge >= 0.3 is 0 Å². The molecule has 17 heavy (non-hydrogen) atoms. The summed E-state index contributed by atoms with van der Waals surface area (Å²) in [4.78, 5) is 18.2. The molecule has 1 aliphatic carbocycles. The molecule has 0 aliphatic heterocycles. The van der Waals surface area contributed by atoms with Crippen molar-refractivity contribution < 1.29 is 4.79 Å². The molecule has 1 saturated carbocycles. The second kappa shape index (κ2) is 5.17. The van der Waals surface area contributed by atoms with Crippen molar-refractivity contribution in [2.24, 2.45) is 0 Å². The molecular formula is C13H19N3O. The Labute approximate surface area is 102 Å². The standard InChI is InChI=1S/C13H19N3O/c1-2-16(11-5-3-4-6-11)13(17)10-7-8-15-12(14)9-10/h7-9,11H,2-6H2,1H3,(H2,14,15). The Morgan fingerprint density at radius 3 is 2.82 bits per heavy atom. The zero-order chi connectivity index (χ0) is 12.3. The molecule has 1 heterocycles. The third-order valence-corrected chi connectivity index (χ3v) is 3.40. The summed E-state index contributed by atoms with van der Waals surface area (Å²) >= 11 is 0. The number of rotatable bonds is 3. The minimum atomic E-state index is 0.0773. The van der Waals surface area contributed by atoms with E-state index in [-0.39, 0.29) is 5.91 Å². The molecule has 0 radical (unpaired) electrons. The number of nitrogens with zero attached hydrogens (tertiary/aromatic N) is 2. The monoisotopic (exact) mass is 233 g/mol. The Hall–Kier alpha value is -1.58. The maximum atomic E-state index is 12.4. The number of aromatic nitrogens is 1. The average Bonchev–Trinajstić information content (AvgIpc) is 2.83. The normalized spacial score (nSPS) is 16.1. The average molecular weight is 233 g/mol. The van der Waals surface area contributed by atoms with Crippen LogP contribution in [-0.2, 0) is 0 Å². The van der Waals surface area contributed by atoms with Gasteiger partial charge in [-0.3, -0.25) is 4.79 Å². The number of anilines is 1. The molecule has 1 amide bonds. The lowest BCUT2D eigenvalue weighted by molar-refractivity contribution is 0.0693. The van der Waals surface area contributed by atoms with Crippen LogP contribution in [0.15, 0.2) is 18.3 Å². The molecule has 0 bridgehead atoms. The second-order valence-corrected chi connectivity index (χ2v) is 4.50. The van der Waals surface area contributed by atoms with Crippen LogP contribution in [0.1, 0.15) is 43.0 Å². The molecule has 0 atom stereocenters. The Morgan fingerprint density at radius 2 is 2.24 bits per heavy atom. The van der Waals surface area contributed by atoms with E-state index in [4.69, 9.17) is 5.73 Å². The molecule has 0 spiro atoms. The van der Waals surface area contributed by atoms with Crippen molar-refractivity contribution in [3.8, 4) is 0 Å². The van der Waals surface area contributed by atoms with Gasteiger partial charge in [-0.15, -0.1) is 0 Å². The third kappa shape index (κ3) is 2.57. The fourth-order valence-corrected chi connectivity index (χ4v) is 2.53. The van der Waals surface area contributed by atoms with Crippen LogP contribution >= 0.6 is 0 Å². The molecule has 0 saturated heterocycles. The Kier molecular flexibility index (Phi) is 3.61. The number of pyridine rings is 1. The predicted octanol–water partition coefficient (Wildman–Crippen LogP) is 2.07. The summed E-state index contributed by atoms with van der Waals surface area (Å²) in [6.07, 6.45) is 6.30. The van der Waals surface area contributed by atoms with Gasteiger partial charge in [0, 0.05) is 24.3 Å². The number of hydrogen-bond donors (Lipinski definition) is 1. The number of amides is 1. The summed E-state index contributed by atoms with van der Waals surface area (Å²) in [5, 5.41) is 0. The summed E-state index contributed by atoms with van der Waals surface area (Å²) < 4.78 is 0. The molecule has 0 aromatic carbocycles. The van der Waals surface area contributed by atoms with E-state index in [9.17, 15) is 4.79 Å². The summed E-state index contributed by atoms with van der Waals surface area (Å²) in [7, 11) is 0. The van der Waals surface area contributed by atoms with Crippen LogP contribution in [0.2, 0.25) is 0 Å². The van der Waals surface area contributed by atoms with Crippen molar-refractivity contribution in [1.29, 1.82) is 0 Å². The van der Waals surface area contributed by atoms with Gasteiger partial charge in [-0.2, -0.15) is 0 Å². The molecule has 1 fully saturated rings. The van der Waals surface area contributed by atoms with Crippen molar-refractivity contribution in [1.82, 2.24) is 9.88 Å². The van der Waals surface area contributed by atoms with Crippen LogP contribution in [-0.4, -0.2) is 28.4 Å². The molecule has 1 aromatic rings. The Bertz CT molecular complexity index is 399. The van der Waals surface area contributed by atoms with Crippen LogP contribution in [0.5, 0.6) is 0 Å². The van der Waals surface area contributed by atoms with Gasteiger partial charge in [-0.1, -0.05) is 12.8 Å². The molecule has 4 nitrogen and oxygen atoms in total. The molecule has 1 aromatic heterocycles. The van der Waals surface area contributed by atoms with Gasteiger partial charge in [0.1, 0.15) is 5.82 Å². The molecular weight excluding hydrogens is 214 g/mol. The van der Waals surface area contributed by atoms with Crippen LogP contribution < -0.4 is 5.73 Å². The van der Waals surface area contributed by atoms with Gasteiger partial charge < -0.3 is 10.6 Å². The van der Waals surface area contributed by atoms with Gasteiger partial charge in [0.15, 0.2) is 0 Å². The quantitative estimate of drug-likeness (QED) is 0.869. The summed E-state index contributed by atoms with van der Waals surface area (Å²) in [6, 6.07) is 3.79. The number of nitrogens with two attached hydrogens (primary N) is 1. The molecule has 92 valence electrons. The van der Waals surface area contributed by atoms with Crippen molar-refractivity contribution >= 4 is 11.7 Å². The summed E-state index contributed by atoms with van der Waals surface area (Å²) in [5.74, 6) is 0.479. The highest BCUT2D eigenvalue weighted by atomic mass is 16.2. The number of carbonyl (C=O) groups excluding carboxylic acids is 1. The smallest absolute Gasteiger partial charge is 0.254 e. The minimum Gasteiger partial charge on any atom is -0.384 e. The van der Waals surface area contributed by atoms with E-state index >= 15 is 0 Å². The van der Waals surface area contributed by atoms with Crippen LogP contribution in [0, 0.1) is 0 Å². The molecule has 2 N–H and O–H groups in total. The molecule has 2 rings (SSSR count). The van der Waals surface area contributed by atoms with E-state index < -0.39 is 0 Å². The fourth-order valence-electron chi connectivity index (χ4n) is 2.53. The van der Waals surface area contributed by atoms with E-state index in [2.05, 4.69) is 4.98 Å². The van der Waals surface area contributed by atoms with Crippen LogP contribution in [0.4, 0.5) is 5.82 Å². The first-order chi connectivity index (χ1) is 8.22. The number of nitrogen functional groups attached to an aromatic ring is 1. The highest BCUT2D eigenvalue weighted by Gasteiger charge is 2.26. The van der Waals surface area contributed by atoms with E-state index in [1.165, 1.54) is 12.8 Å². The first-order valence-corrected chi connectivity index (χ1v) is 6.25. The third-order valence-electron chi connectivity index (χ3n) is 3.40. The maximum Gasteiger partial charge on any atom is 0.254 e. The van der Waals surface area contributed by atoms with Crippen molar-refractivity contribution in [2.75, 3.05) is 12.3 Å². The SMILES string of the molecule is CCN(C(=O)c1ccnc(N)c1)C1CCCC1. The van der Waals surface area contributed by atoms with Crippen molar-refractivity contribution in [3.05, 3.63) is 23.9 Å². The van der Waals surface area contributed by atoms with E-state index in [0.29, 0.717) is 17.4 Å². The predicted molar refractivity (Wildman–Crippen MR) is 67.6 cm³/mol. The zero-order valence-corrected chi connectivity index (χ0v) is 10.2. The molecule has 0 unspecified atom stereocenters. The summed E-state index contributed by atoms with van der Waals surface area (Å²) in [6.45, 7) is 2.78. The lowest BCUT2D eigenvalue weighted by Gasteiger charge is -2.27. The highest BCUT2D eigenvalue weighted by Crippen LogP contribution is 2.24. The van der Waals surface area contributed by atoms with E-state index in [1.54, 1.807) is 18.3 Å². The zero-order valence-electron chi connectivity index (χ0n) is 10.2. The van der Waals surface area contributed by atoms with E-state index in [1.807, 2.05) is 11.8 Å². The lowest BCUT2D eigenvalue weighted by atomic mass is 10.1. The van der Waals surface area contributed by atoms with Gasteiger partial charge in [-0.25, -0.2) is 4.98 Å². The topological polar surface area (TPSA) is 59.2 Å². The van der Waals surface area contributed by atoms with Crippen LogP contribution in [0.25, 0.3) is 0 Å². The van der Waals surface area contributed by atoms with Gasteiger partial charge in [0.25, 0.3) is 5.91 Å². The lowest BCUT2D eigenvalue weighted by Crippen LogP contribution is -2.38. The number of carbonyl (C=O) groups is 1. The van der Waals surface area contributed by atoms with Gasteiger partial charge in [0.2, 0.25) is 0 Å². The molecule has 1 aliphatic rings. The minimum absolute atomic E-state index is 0.0773. The van der Waals surface area contributed by atoms with Crippen LogP contribution in [0.3, 0.4) is 0 Å². The number of hydrogen-bond acceptors (Lipinski definition) is 3. The van der Waals surface area contributed by atoms with Crippen molar-refractivity contribution in [3.63, 3.8) is 0 Å². The Balaban J connectivity index is 2.16. The van der Waals surface area contributed by atoms with Crippen molar-refractivity contribution in [2.45, 2.75) is 38.6 Å². The second-order valence-electron chi connectivity index (χ2n) is 4.50. The summed E-state index contributed by atoms with van der Waals surface area (Å²) in [5.41, 5.74) is 6.25. The Morgan fingerprint density at radius 1 is 1.53 bits per heavy atom. The first-order valence-electron chi connectivity index (χ1n) is 6.25. The van der Waals surface area contributed by atoms with Gasteiger partial charge in [-0.05, 0) is 31.9 Å². The fraction of sp³-hybridized carbons (Fsp3) is 0.538.